The SMILES string of the molecule is Cc1ccc(NC(=O)C(=O)NC[C@H](c2ccc(F)cc2)N2CCN(C)CC2)cc1F. The van der Waals surface area contributed by atoms with Gasteiger partial charge in [-0.15, -0.1) is 0 Å². The van der Waals surface area contributed by atoms with Crippen molar-refractivity contribution in [3.05, 3.63) is 65.2 Å². The summed E-state index contributed by atoms with van der Waals surface area (Å²) >= 11 is 0. The first kappa shape index (κ1) is 21.9. The highest BCUT2D eigenvalue weighted by molar-refractivity contribution is 6.39. The number of likely N-dealkylation sites (N-methyl/N-ethyl adjacent to an activating group) is 1. The predicted molar refractivity (Wildman–Crippen MR) is 111 cm³/mol. The molecule has 0 radical (unpaired) electrons. The van der Waals surface area contributed by atoms with Gasteiger partial charge in [0, 0.05) is 38.4 Å². The molecule has 1 fully saturated rings. The van der Waals surface area contributed by atoms with E-state index in [0.29, 0.717) is 5.56 Å². The average molecular weight is 416 g/mol. The van der Waals surface area contributed by atoms with E-state index in [9.17, 15) is 18.4 Å². The lowest BCUT2D eigenvalue weighted by molar-refractivity contribution is -0.136. The lowest BCUT2D eigenvalue weighted by atomic mass is 10.0. The molecule has 3 rings (SSSR count). The third-order valence-electron chi connectivity index (χ3n) is 5.33. The van der Waals surface area contributed by atoms with Crippen LogP contribution in [0.4, 0.5) is 14.5 Å². The Bertz CT molecular complexity index is 897. The number of carbonyl (C=O) groups is 2. The number of amides is 2. The normalized spacial score (nSPS) is 16.1. The minimum atomic E-state index is -0.866. The molecule has 2 aromatic rings. The molecule has 1 saturated heterocycles. The van der Waals surface area contributed by atoms with Gasteiger partial charge < -0.3 is 15.5 Å². The molecule has 0 unspecified atom stereocenters. The van der Waals surface area contributed by atoms with Crippen molar-refractivity contribution in [1.82, 2.24) is 15.1 Å². The minimum absolute atomic E-state index is 0.187. The highest BCUT2D eigenvalue weighted by atomic mass is 19.1. The number of hydrogen-bond donors (Lipinski definition) is 2. The van der Waals surface area contributed by atoms with Gasteiger partial charge in [-0.1, -0.05) is 18.2 Å². The molecule has 2 N–H and O–H groups in total. The van der Waals surface area contributed by atoms with E-state index in [2.05, 4.69) is 20.4 Å². The van der Waals surface area contributed by atoms with E-state index in [1.807, 2.05) is 7.05 Å². The Kier molecular flexibility index (Phi) is 7.12. The Hall–Kier alpha value is -2.84. The molecule has 2 aromatic carbocycles. The largest absolute Gasteiger partial charge is 0.346 e. The number of carbonyl (C=O) groups excluding carboxylic acids is 2. The first-order valence-electron chi connectivity index (χ1n) is 9.87. The maximum atomic E-state index is 13.6. The van der Waals surface area contributed by atoms with Crippen LogP contribution in [0, 0.1) is 18.6 Å². The first-order valence-corrected chi connectivity index (χ1v) is 9.87. The number of nitrogens with zero attached hydrogens (tertiary/aromatic N) is 2. The molecule has 30 heavy (non-hydrogen) atoms. The van der Waals surface area contributed by atoms with E-state index in [4.69, 9.17) is 0 Å². The third-order valence-corrected chi connectivity index (χ3v) is 5.33. The summed E-state index contributed by atoms with van der Waals surface area (Å²) in [4.78, 5) is 28.9. The van der Waals surface area contributed by atoms with Crippen molar-refractivity contribution in [1.29, 1.82) is 0 Å². The van der Waals surface area contributed by atoms with Crippen molar-refractivity contribution in [2.24, 2.45) is 0 Å². The molecule has 160 valence electrons. The summed E-state index contributed by atoms with van der Waals surface area (Å²) in [6.07, 6.45) is 0. The van der Waals surface area contributed by atoms with Crippen LogP contribution in [-0.2, 0) is 9.59 Å². The molecule has 2 amide bonds. The standard InChI is InChI=1S/C22H26F2N4O2/c1-15-3-8-18(13-19(15)24)26-22(30)21(29)25-14-20(16-4-6-17(23)7-5-16)28-11-9-27(2)10-12-28/h3-8,13,20H,9-12,14H2,1-2H3,(H,25,29)(H,26,30)/t20-/m1/s1. The summed E-state index contributed by atoms with van der Waals surface area (Å²) < 4.78 is 27.0. The van der Waals surface area contributed by atoms with Crippen molar-refractivity contribution in [2.75, 3.05) is 45.1 Å². The van der Waals surface area contributed by atoms with Gasteiger partial charge in [0.15, 0.2) is 0 Å². The molecule has 0 aromatic heterocycles. The topological polar surface area (TPSA) is 64.7 Å². The zero-order valence-corrected chi connectivity index (χ0v) is 17.1. The summed E-state index contributed by atoms with van der Waals surface area (Å²) in [5.74, 6) is -2.46. The molecular formula is C22H26F2N4O2. The summed E-state index contributed by atoms with van der Waals surface area (Å²) in [6, 6.07) is 10.2. The maximum Gasteiger partial charge on any atom is 0.313 e. The Morgan fingerprint density at radius 3 is 2.30 bits per heavy atom. The molecular weight excluding hydrogens is 390 g/mol. The first-order chi connectivity index (χ1) is 14.3. The summed E-state index contributed by atoms with van der Waals surface area (Å²) in [5.41, 5.74) is 1.53. The van der Waals surface area contributed by atoms with Crippen LogP contribution in [0.5, 0.6) is 0 Å². The van der Waals surface area contributed by atoms with E-state index in [1.165, 1.54) is 30.3 Å². The van der Waals surface area contributed by atoms with Gasteiger partial charge in [-0.05, 0) is 49.4 Å². The lowest BCUT2D eigenvalue weighted by Crippen LogP contribution is -2.49. The fraction of sp³-hybridized carbons (Fsp3) is 0.364. The fourth-order valence-electron chi connectivity index (χ4n) is 3.40. The lowest BCUT2D eigenvalue weighted by Gasteiger charge is -2.38. The van der Waals surface area contributed by atoms with Gasteiger partial charge in [0.25, 0.3) is 0 Å². The molecule has 1 aliphatic rings. The Balaban J connectivity index is 1.65. The van der Waals surface area contributed by atoms with Crippen LogP contribution in [0.1, 0.15) is 17.2 Å². The van der Waals surface area contributed by atoms with E-state index in [-0.39, 0.29) is 24.1 Å². The van der Waals surface area contributed by atoms with E-state index >= 15 is 0 Å². The highest BCUT2D eigenvalue weighted by Gasteiger charge is 2.25. The molecule has 8 heteroatoms. The molecule has 0 aliphatic carbocycles. The van der Waals surface area contributed by atoms with Crippen LogP contribution in [-0.4, -0.2) is 61.4 Å². The predicted octanol–water partition coefficient (Wildman–Crippen LogP) is 2.32. The van der Waals surface area contributed by atoms with Gasteiger partial charge in [0.05, 0.1) is 6.04 Å². The summed E-state index contributed by atoms with van der Waals surface area (Å²) in [5, 5.41) is 5.06. The second-order valence-corrected chi connectivity index (χ2v) is 7.53. The quantitative estimate of drug-likeness (QED) is 0.735. The van der Waals surface area contributed by atoms with Gasteiger partial charge in [-0.3, -0.25) is 14.5 Å². The monoisotopic (exact) mass is 416 g/mol. The van der Waals surface area contributed by atoms with Crippen LogP contribution in [0.15, 0.2) is 42.5 Å². The summed E-state index contributed by atoms with van der Waals surface area (Å²) in [6.45, 7) is 5.16. The van der Waals surface area contributed by atoms with Crippen LogP contribution < -0.4 is 10.6 Å². The van der Waals surface area contributed by atoms with Crippen molar-refractivity contribution in [3.63, 3.8) is 0 Å². The van der Waals surface area contributed by atoms with Crippen molar-refractivity contribution in [2.45, 2.75) is 13.0 Å². The molecule has 1 atom stereocenters. The van der Waals surface area contributed by atoms with Crippen molar-refractivity contribution in [3.8, 4) is 0 Å². The number of nitrogens with one attached hydrogen (secondary N) is 2. The zero-order chi connectivity index (χ0) is 21.7. The van der Waals surface area contributed by atoms with Gasteiger partial charge in [0.2, 0.25) is 0 Å². The number of halogens is 2. The minimum Gasteiger partial charge on any atom is -0.346 e. The van der Waals surface area contributed by atoms with Gasteiger partial charge >= 0.3 is 11.8 Å². The highest BCUT2D eigenvalue weighted by Crippen LogP contribution is 2.22. The van der Waals surface area contributed by atoms with Crippen LogP contribution in [0.25, 0.3) is 0 Å². The van der Waals surface area contributed by atoms with Gasteiger partial charge in [-0.25, -0.2) is 8.78 Å². The molecule has 0 spiro atoms. The van der Waals surface area contributed by atoms with E-state index < -0.39 is 17.6 Å². The van der Waals surface area contributed by atoms with Crippen LogP contribution in [0.2, 0.25) is 0 Å². The molecule has 6 nitrogen and oxygen atoms in total. The van der Waals surface area contributed by atoms with Crippen molar-refractivity contribution < 1.29 is 18.4 Å². The molecule has 0 bridgehead atoms. The van der Waals surface area contributed by atoms with Crippen LogP contribution >= 0.6 is 0 Å². The van der Waals surface area contributed by atoms with E-state index in [0.717, 1.165) is 31.7 Å². The van der Waals surface area contributed by atoms with E-state index in [1.54, 1.807) is 19.1 Å². The summed E-state index contributed by atoms with van der Waals surface area (Å²) in [7, 11) is 2.05. The second kappa shape index (κ2) is 9.77. The number of rotatable bonds is 5. The Morgan fingerprint density at radius 2 is 1.67 bits per heavy atom. The molecule has 0 saturated carbocycles. The molecule has 1 heterocycles. The number of piperazine rings is 1. The number of benzene rings is 2. The third kappa shape index (κ3) is 5.61. The van der Waals surface area contributed by atoms with Gasteiger partial charge in [0.1, 0.15) is 11.6 Å². The zero-order valence-electron chi connectivity index (χ0n) is 17.1. The van der Waals surface area contributed by atoms with Crippen molar-refractivity contribution >= 4 is 17.5 Å². The number of aryl methyl sites for hydroxylation is 1. The second-order valence-electron chi connectivity index (χ2n) is 7.53. The average Bonchev–Trinajstić information content (AvgIpc) is 2.73. The Morgan fingerprint density at radius 1 is 1.00 bits per heavy atom. The smallest absolute Gasteiger partial charge is 0.313 e. The fourth-order valence-corrected chi connectivity index (χ4v) is 3.40. The number of hydrogen-bond acceptors (Lipinski definition) is 4. The maximum absolute atomic E-state index is 13.6. The number of anilines is 1. The molecule has 1 aliphatic heterocycles. The Labute approximate surface area is 174 Å². The van der Waals surface area contributed by atoms with Crippen LogP contribution in [0.3, 0.4) is 0 Å². The van der Waals surface area contributed by atoms with Gasteiger partial charge in [-0.2, -0.15) is 0 Å².